The highest BCUT2D eigenvalue weighted by Crippen LogP contribution is 2.49. The zero-order chi connectivity index (χ0) is 17.8. The predicted octanol–water partition coefficient (Wildman–Crippen LogP) is 4.74. The Hall–Kier alpha value is -2.93. The van der Waals surface area contributed by atoms with Gasteiger partial charge in [0.15, 0.2) is 6.19 Å². The number of allylic oxidation sites excluding steroid dienone is 1. The van der Waals surface area contributed by atoms with Crippen LogP contribution >= 0.6 is 0 Å². The van der Waals surface area contributed by atoms with Gasteiger partial charge in [-0.1, -0.05) is 18.2 Å². The summed E-state index contributed by atoms with van der Waals surface area (Å²) in [6.45, 7) is 6.70. The van der Waals surface area contributed by atoms with Gasteiger partial charge in [-0.05, 0) is 50.1 Å². The van der Waals surface area contributed by atoms with E-state index in [1.165, 1.54) is 5.57 Å². The molecule has 2 heterocycles. The number of hydrogen-bond donors (Lipinski definition) is 0. The molecule has 126 valence electrons. The van der Waals surface area contributed by atoms with Gasteiger partial charge in [0.1, 0.15) is 18.1 Å². The van der Waals surface area contributed by atoms with Crippen molar-refractivity contribution in [2.45, 2.75) is 32.9 Å². The average Bonchev–Trinajstić information content (AvgIpc) is 2.59. The van der Waals surface area contributed by atoms with Gasteiger partial charge in [-0.3, -0.25) is 4.90 Å². The smallest absolute Gasteiger partial charge is 0.185 e. The normalized spacial score (nSPS) is 16.6. The lowest BCUT2D eigenvalue weighted by Crippen LogP contribution is -2.42. The molecule has 0 aromatic heterocycles. The van der Waals surface area contributed by atoms with Gasteiger partial charge < -0.3 is 9.47 Å². The fourth-order valence-electron chi connectivity index (χ4n) is 4.02. The summed E-state index contributed by atoms with van der Waals surface area (Å²) in [7, 11) is 1.67. The Labute approximate surface area is 147 Å². The van der Waals surface area contributed by atoms with Crippen molar-refractivity contribution in [3.8, 4) is 28.8 Å². The van der Waals surface area contributed by atoms with Crippen molar-refractivity contribution in [1.82, 2.24) is 0 Å². The monoisotopic (exact) mass is 332 g/mol. The molecule has 0 bridgehead atoms. The van der Waals surface area contributed by atoms with Crippen LogP contribution in [-0.4, -0.2) is 12.6 Å². The van der Waals surface area contributed by atoms with E-state index in [1.807, 2.05) is 24.3 Å². The van der Waals surface area contributed by atoms with Crippen LogP contribution in [0.2, 0.25) is 0 Å². The van der Waals surface area contributed by atoms with E-state index in [0.29, 0.717) is 6.61 Å². The molecule has 25 heavy (non-hydrogen) atoms. The Bertz CT molecular complexity index is 937. The molecule has 0 unspecified atom stereocenters. The highest BCUT2D eigenvalue weighted by molar-refractivity contribution is 5.91. The Morgan fingerprint density at radius 2 is 2.00 bits per heavy atom. The second-order valence-corrected chi connectivity index (χ2v) is 7.02. The first kappa shape index (κ1) is 15.6. The fourth-order valence-corrected chi connectivity index (χ4v) is 4.02. The summed E-state index contributed by atoms with van der Waals surface area (Å²) in [5.41, 5.74) is 6.07. The summed E-state index contributed by atoms with van der Waals surface area (Å²) in [6.07, 6.45) is 4.49. The third-order valence-corrected chi connectivity index (χ3v) is 5.02. The summed E-state index contributed by atoms with van der Waals surface area (Å²) >= 11 is 0. The minimum atomic E-state index is -0.342. The standard InChI is InChI=1S/C21H20N2O2/c1-13-10-21(2,3)23(12-22)16-9-8-14-15(19(13)16)11-25-18-7-5-6-17(24-4)20(14)18/h5-10H,11H2,1-4H3. The largest absolute Gasteiger partial charge is 0.496 e. The number of hydrogen-bond acceptors (Lipinski definition) is 4. The van der Waals surface area contributed by atoms with Crippen LogP contribution in [0.25, 0.3) is 16.7 Å². The predicted molar refractivity (Wildman–Crippen MR) is 98.6 cm³/mol. The molecular weight excluding hydrogens is 312 g/mol. The van der Waals surface area contributed by atoms with E-state index in [4.69, 9.17) is 9.47 Å². The van der Waals surface area contributed by atoms with E-state index in [1.54, 1.807) is 12.0 Å². The number of anilines is 1. The quantitative estimate of drug-likeness (QED) is 0.708. The van der Waals surface area contributed by atoms with Crippen molar-refractivity contribution in [2.75, 3.05) is 12.0 Å². The molecule has 2 aliphatic rings. The Kier molecular flexibility index (Phi) is 3.30. The van der Waals surface area contributed by atoms with Crippen molar-refractivity contribution >= 4 is 11.3 Å². The molecule has 0 radical (unpaired) electrons. The zero-order valence-electron chi connectivity index (χ0n) is 14.9. The highest BCUT2D eigenvalue weighted by Gasteiger charge is 2.35. The van der Waals surface area contributed by atoms with Crippen LogP contribution in [0.1, 0.15) is 31.9 Å². The van der Waals surface area contributed by atoms with Gasteiger partial charge in [0, 0.05) is 11.1 Å². The van der Waals surface area contributed by atoms with Crippen LogP contribution in [0.5, 0.6) is 11.5 Å². The van der Waals surface area contributed by atoms with Gasteiger partial charge in [0.25, 0.3) is 0 Å². The molecule has 0 aliphatic carbocycles. The van der Waals surface area contributed by atoms with Crippen molar-refractivity contribution in [1.29, 1.82) is 5.26 Å². The fraction of sp³-hybridized carbons (Fsp3) is 0.286. The van der Waals surface area contributed by atoms with E-state index in [2.05, 4.69) is 39.1 Å². The van der Waals surface area contributed by atoms with Crippen LogP contribution < -0.4 is 14.4 Å². The topological polar surface area (TPSA) is 45.5 Å². The molecule has 0 spiro atoms. The molecule has 0 saturated heterocycles. The number of methoxy groups -OCH3 is 1. The van der Waals surface area contributed by atoms with Crippen LogP contribution in [0, 0.1) is 11.5 Å². The van der Waals surface area contributed by atoms with E-state index >= 15 is 0 Å². The SMILES string of the molecule is COc1cccc2c1-c1ccc3c(c1CO2)C(C)=CC(C)(C)N3C#N. The Balaban J connectivity index is 2.02. The maximum absolute atomic E-state index is 9.70. The number of benzene rings is 2. The summed E-state index contributed by atoms with van der Waals surface area (Å²) in [5, 5.41) is 9.70. The summed E-state index contributed by atoms with van der Waals surface area (Å²) < 4.78 is 11.6. The minimum Gasteiger partial charge on any atom is -0.496 e. The van der Waals surface area contributed by atoms with E-state index in [9.17, 15) is 5.26 Å². The van der Waals surface area contributed by atoms with Crippen LogP contribution in [0.15, 0.2) is 36.4 Å². The lowest BCUT2D eigenvalue weighted by molar-refractivity contribution is 0.299. The van der Waals surface area contributed by atoms with Crippen LogP contribution in [-0.2, 0) is 6.61 Å². The summed E-state index contributed by atoms with van der Waals surface area (Å²) in [4.78, 5) is 1.77. The maximum Gasteiger partial charge on any atom is 0.185 e. The van der Waals surface area contributed by atoms with Crippen molar-refractivity contribution in [3.63, 3.8) is 0 Å². The summed E-state index contributed by atoms with van der Waals surface area (Å²) in [6, 6.07) is 9.97. The number of nitrogens with zero attached hydrogens (tertiary/aromatic N) is 2. The third-order valence-electron chi connectivity index (χ3n) is 5.02. The number of ether oxygens (including phenoxy) is 2. The Morgan fingerprint density at radius 1 is 1.20 bits per heavy atom. The molecule has 4 heteroatoms. The average molecular weight is 332 g/mol. The van der Waals surface area contributed by atoms with Gasteiger partial charge in [0.05, 0.1) is 23.9 Å². The molecule has 2 aliphatic heterocycles. The maximum atomic E-state index is 9.70. The molecule has 4 rings (SSSR count). The molecule has 0 atom stereocenters. The van der Waals surface area contributed by atoms with Gasteiger partial charge >= 0.3 is 0 Å². The lowest BCUT2D eigenvalue weighted by Gasteiger charge is -2.39. The first-order chi connectivity index (χ1) is 12.0. The first-order valence-corrected chi connectivity index (χ1v) is 8.34. The van der Waals surface area contributed by atoms with E-state index < -0.39 is 0 Å². The molecule has 2 aromatic carbocycles. The molecule has 4 nitrogen and oxygen atoms in total. The van der Waals surface area contributed by atoms with Crippen molar-refractivity contribution in [2.24, 2.45) is 0 Å². The molecule has 0 saturated carbocycles. The van der Waals surface area contributed by atoms with E-state index in [-0.39, 0.29) is 5.54 Å². The van der Waals surface area contributed by atoms with Crippen LogP contribution in [0.3, 0.4) is 0 Å². The third kappa shape index (κ3) is 2.12. The molecule has 2 aromatic rings. The second kappa shape index (κ2) is 5.29. The Morgan fingerprint density at radius 3 is 2.72 bits per heavy atom. The van der Waals surface area contributed by atoms with Crippen molar-refractivity contribution < 1.29 is 9.47 Å². The highest BCUT2D eigenvalue weighted by atomic mass is 16.5. The molecule has 0 fully saturated rings. The number of fused-ring (bicyclic) bond motifs is 5. The van der Waals surface area contributed by atoms with E-state index in [0.717, 1.165) is 39.4 Å². The van der Waals surface area contributed by atoms with Gasteiger partial charge in [0.2, 0.25) is 0 Å². The number of nitriles is 1. The summed E-state index contributed by atoms with van der Waals surface area (Å²) in [5.74, 6) is 1.63. The van der Waals surface area contributed by atoms with Crippen LogP contribution in [0.4, 0.5) is 5.69 Å². The molecular formula is C21H20N2O2. The van der Waals surface area contributed by atoms with Crippen molar-refractivity contribution in [3.05, 3.63) is 47.5 Å². The first-order valence-electron chi connectivity index (χ1n) is 8.34. The molecule has 0 N–H and O–H groups in total. The van der Waals surface area contributed by atoms with Gasteiger partial charge in [-0.2, -0.15) is 5.26 Å². The van der Waals surface area contributed by atoms with Gasteiger partial charge in [-0.25, -0.2) is 0 Å². The second-order valence-electron chi connectivity index (χ2n) is 7.02. The molecule has 0 amide bonds. The lowest BCUT2D eigenvalue weighted by atomic mass is 9.83. The van der Waals surface area contributed by atoms with Gasteiger partial charge in [-0.15, -0.1) is 0 Å². The zero-order valence-corrected chi connectivity index (χ0v) is 14.9. The minimum absolute atomic E-state index is 0.342. The number of rotatable bonds is 1.